The number of nitriles is 1. The van der Waals surface area contributed by atoms with Gasteiger partial charge in [-0.15, -0.1) is 11.8 Å². The molecule has 2 aliphatic rings. The van der Waals surface area contributed by atoms with Crippen molar-refractivity contribution in [2.75, 3.05) is 5.75 Å². The summed E-state index contributed by atoms with van der Waals surface area (Å²) in [6.07, 6.45) is 2.89. The number of fused-ring (bicyclic) bond motifs is 1. The highest BCUT2D eigenvalue weighted by molar-refractivity contribution is 8.01. The summed E-state index contributed by atoms with van der Waals surface area (Å²) in [4.78, 5) is 24.6. The summed E-state index contributed by atoms with van der Waals surface area (Å²) in [6.45, 7) is 1.97. The fourth-order valence-electron chi connectivity index (χ4n) is 2.15. The first kappa shape index (κ1) is 10.3. The van der Waals surface area contributed by atoms with E-state index < -0.39 is 6.04 Å². The topological polar surface area (TPSA) is 73.2 Å². The highest BCUT2D eigenvalue weighted by atomic mass is 32.2. The molecule has 0 bridgehead atoms. The molecule has 2 unspecified atom stereocenters. The lowest BCUT2D eigenvalue weighted by Crippen LogP contribution is -2.49. The van der Waals surface area contributed by atoms with Gasteiger partial charge in [-0.1, -0.05) is 0 Å². The molecule has 0 aromatic carbocycles. The molecular weight excluding hydrogens is 214 g/mol. The molecule has 0 radical (unpaired) electrons. The zero-order chi connectivity index (χ0) is 11.1. The van der Waals surface area contributed by atoms with Gasteiger partial charge in [0.2, 0.25) is 5.91 Å². The van der Waals surface area contributed by atoms with Gasteiger partial charge in [0, 0.05) is 12.2 Å². The molecule has 5 nitrogen and oxygen atoms in total. The number of hydrogen-bond acceptors (Lipinski definition) is 4. The molecule has 6 heteroatoms. The first-order valence-corrected chi connectivity index (χ1v) is 5.72. The Morgan fingerprint density at radius 2 is 2.53 bits per heavy atom. The lowest BCUT2D eigenvalue weighted by atomic mass is 10.2. The maximum atomic E-state index is 11.6. The van der Waals surface area contributed by atoms with E-state index >= 15 is 0 Å². The van der Waals surface area contributed by atoms with Crippen molar-refractivity contribution >= 4 is 23.6 Å². The second-order valence-electron chi connectivity index (χ2n) is 3.87. The van der Waals surface area contributed by atoms with E-state index in [4.69, 9.17) is 5.26 Å². The summed E-state index contributed by atoms with van der Waals surface area (Å²) in [5.41, 5.74) is 0. The molecule has 0 aromatic rings. The maximum absolute atomic E-state index is 11.6. The zero-order valence-electron chi connectivity index (χ0n) is 8.32. The van der Waals surface area contributed by atoms with Crippen LogP contribution in [-0.2, 0) is 9.59 Å². The third kappa shape index (κ3) is 1.47. The first-order chi connectivity index (χ1) is 7.08. The minimum atomic E-state index is -0.477. The van der Waals surface area contributed by atoms with Gasteiger partial charge in [0.15, 0.2) is 6.19 Å². The standard InChI is InChI=1S/C9H11N3O2S/c1-9-3-2-7(13)12(9)6(4-15-9)8(14)11-5-10/h6H,2-4H2,1H3,(H,11,14). The largest absolute Gasteiger partial charge is 0.315 e. The van der Waals surface area contributed by atoms with Crippen LogP contribution in [0.3, 0.4) is 0 Å². The van der Waals surface area contributed by atoms with E-state index in [1.165, 1.54) is 0 Å². The number of carbonyl (C=O) groups is 2. The lowest BCUT2D eigenvalue weighted by molar-refractivity contribution is -0.137. The Hall–Kier alpha value is -1.22. The van der Waals surface area contributed by atoms with Gasteiger partial charge >= 0.3 is 0 Å². The van der Waals surface area contributed by atoms with Gasteiger partial charge in [0.05, 0.1) is 4.87 Å². The van der Waals surface area contributed by atoms with Crippen molar-refractivity contribution in [3.63, 3.8) is 0 Å². The molecule has 0 aromatic heterocycles. The third-order valence-electron chi connectivity index (χ3n) is 2.93. The fourth-order valence-corrected chi connectivity index (χ4v) is 3.58. The average molecular weight is 225 g/mol. The second-order valence-corrected chi connectivity index (χ2v) is 5.37. The van der Waals surface area contributed by atoms with Crippen molar-refractivity contribution in [2.45, 2.75) is 30.7 Å². The van der Waals surface area contributed by atoms with E-state index in [2.05, 4.69) is 5.32 Å². The molecule has 0 saturated carbocycles. The maximum Gasteiger partial charge on any atom is 0.256 e. The van der Waals surface area contributed by atoms with Crippen LogP contribution < -0.4 is 5.32 Å². The number of nitrogens with zero attached hydrogens (tertiary/aromatic N) is 2. The second kappa shape index (κ2) is 3.42. The molecule has 2 saturated heterocycles. The number of rotatable bonds is 1. The van der Waals surface area contributed by atoms with Crippen LogP contribution in [0.25, 0.3) is 0 Å². The first-order valence-electron chi connectivity index (χ1n) is 4.73. The number of thioether (sulfide) groups is 1. The number of carbonyl (C=O) groups excluding carboxylic acids is 2. The lowest BCUT2D eigenvalue weighted by Gasteiger charge is -2.29. The Bertz CT molecular complexity index is 365. The van der Waals surface area contributed by atoms with Crippen molar-refractivity contribution in [3.8, 4) is 6.19 Å². The van der Waals surface area contributed by atoms with Crippen LogP contribution in [0.15, 0.2) is 0 Å². The summed E-state index contributed by atoms with van der Waals surface area (Å²) < 4.78 is 0. The fraction of sp³-hybridized carbons (Fsp3) is 0.667. The van der Waals surface area contributed by atoms with E-state index in [9.17, 15) is 9.59 Å². The summed E-state index contributed by atoms with van der Waals surface area (Å²) in [5.74, 6) is 0.222. The SMILES string of the molecule is CC12CCC(=O)N1C(C(=O)NC#N)CS2. The summed E-state index contributed by atoms with van der Waals surface area (Å²) in [7, 11) is 0. The van der Waals surface area contributed by atoms with Gasteiger partial charge in [-0.25, -0.2) is 0 Å². The smallest absolute Gasteiger partial charge is 0.256 e. The Morgan fingerprint density at radius 3 is 3.20 bits per heavy atom. The van der Waals surface area contributed by atoms with Crippen molar-refractivity contribution in [3.05, 3.63) is 0 Å². The van der Waals surface area contributed by atoms with Crippen LogP contribution in [0.1, 0.15) is 19.8 Å². The monoisotopic (exact) mass is 225 g/mol. The molecule has 1 N–H and O–H groups in total. The normalized spacial score (nSPS) is 33.7. The van der Waals surface area contributed by atoms with Crippen LogP contribution in [0.4, 0.5) is 0 Å². The van der Waals surface area contributed by atoms with Crippen molar-refractivity contribution in [2.24, 2.45) is 0 Å². The Morgan fingerprint density at radius 1 is 1.80 bits per heavy atom. The van der Waals surface area contributed by atoms with E-state index in [0.717, 1.165) is 6.42 Å². The van der Waals surface area contributed by atoms with Gasteiger partial charge in [0.1, 0.15) is 6.04 Å². The van der Waals surface area contributed by atoms with Crippen molar-refractivity contribution in [1.29, 1.82) is 5.26 Å². The average Bonchev–Trinajstić information content (AvgIpc) is 2.66. The van der Waals surface area contributed by atoms with E-state index in [1.807, 2.05) is 6.92 Å². The van der Waals surface area contributed by atoms with E-state index in [0.29, 0.717) is 12.2 Å². The predicted molar refractivity (Wildman–Crippen MR) is 54.5 cm³/mol. The highest BCUT2D eigenvalue weighted by Gasteiger charge is 2.52. The van der Waals surface area contributed by atoms with Crippen molar-refractivity contribution < 1.29 is 9.59 Å². The van der Waals surface area contributed by atoms with Gasteiger partial charge in [0.25, 0.3) is 5.91 Å². The quantitative estimate of drug-likeness (QED) is 0.505. The van der Waals surface area contributed by atoms with Crippen LogP contribution in [0.5, 0.6) is 0 Å². The molecule has 0 spiro atoms. The number of hydrogen-bond donors (Lipinski definition) is 1. The number of amides is 2. The molecule has 2 rings (SSSR count). The Labute approximate surface area is 91.8 Å². The van der Waals surface area contributed by atoms with Crippen LogP contribution in [0.2, 0.25) is 0 Å². The van der Waals surface area contributed by atoms with Gasteiger partial charge in [-0.2, -0.15) is 5.26 Å². The molecule has 80 valence electrons. The summed E-state index contributed by atoms with van der Waals surface area (Å²) in [5, 5.41) is 10.5. The molecule has 15 heavy (non-hydrogen) atoms. The minimum Gasteiger partial charge on any atom is -0.315 e. The van der Waals surface area contributed by atoms with Crippen molar-refractivity contribution in [1.82, 2.24) is 10.2 Å². The predicted octanol–water partition coefficient (Wildman–Crippen LogP) is 0.0377. The summed E-state index contributed by atoms with van der Waals surface area (Å²) >= 11 is 1.62. The third-order valence-corrected chi connectivity index (χ3v) is 4.43. The zero-order valence-corrected chi connectivity index (χ0v) is 9.13. The Kier molecular flexibility index (Phi) is 2.35. The van der Waals surface area contributed by atoms with Crippen LogP contribution >= 0.6 is 11.8 Å². The highest BCUT2D eigenvalue weighted by Crippen LogP contribution is 2.47. The van der Waals surface area contributed by atoms with E-state index in [1.54, 1.807) is 22.9 Å². The molecule has 2 atom stereocenters. The van der Waals surface area contributed by atoms with Crippen LogP contribution in [0, 0.1) is 11.5 Å². The molecule has 2 amide bonds. The Balaban J connectivity index is 2.20. The minimum absolute atomic E-state index is 0.0144. The molecule has 2 fully saturated rings. The van der Waals surface area contributed by atoms with Gasteiger partial charge < -0.3 is 4.90 Å². The molecule has 0 aliphatic carbocycles. The van der Waals surface area contributed by atoms with Gasteiger partial charge in [-0.3, -0.25) is 14.9 Å². The summed E-state index contributed by atoms with van der Waals surface area (Å²) in [6, 6.07) is -0.477. The van der Waals surface area contributed by atoms with Gasteiger partial charge in [-0.05, 0) is 13.3 Å². The van der Waals surface area contributed by atoms with E-state index in [-0.39, 0.29) is 16.7 Å². The molecular formula is C9H11N3O2S. The number of nitrogens with one attached hydrogen (secondary N) is 1. The molecule has 2 aliphatic heterocycles. The van der Waals surface area contributed by atoms with Crippen LogP contribution in [-0.4, -0.2) is 33.4 Å². The molecule has 2 heterocycles.